The van der Waals surface area contributed by atoms with Crippen LogP contribution >= 0.6 is 0 Å². The molecule has 1 heterocycles. The highest BCUT2D eigenvalue weighted by atomic mass is 16.5. The molecule has 6 heteroatoms. The van der Waals surface area contributed by atoms with E-state index in [1.165, 1.54) is 0 Å². The first-order chi connectivity index (χ1) is 9.17. The molecule has 0 aliphatic heterocycles. The Hall–Kier alpha value is -1.40. The van der Waals surface area contributed by atoms with Crippen LogP contribution in [0.3, 0.4) is 0 Å². The molecule has 0 saturated carbocycles. The zero-order valence-electron chi connectivity index (χ0n) is 12.1. The summed E-state index contributed by atoms with van der Waals surface area (Å²) < 4.78 is 5.42. The molecule has 6 nitrogen and oxygen atoms in total. The van der Waals surface area contributed by atoms with E-state index in [9.17, 15) is 0 Å². The van der Waals surface area contributed by atoms with E-state index in [0.29, 0.717) is 5.82 Å². The zero-order chi connectivity index (χ0) is 14.1. The molecule has 0 saturated heterocycles. The number of hydrogen-bond donors (Lipinski definition) is 3. The Morgan fingerprint density at radius 2 is 2.00 bits per heavy atom. The first-order valence-electron chi connectivity index (χ1n) is 6.84. The summed E-state index contributed by atoms with van der Waals surface area (Å²) in [6.45, 7) is 8.63. The third kappa shape index (κ3) is 5.85. The van der Waals surface area contributed by atoms with Gasteiger partial charge in [-0.05, 0) is 12.8 Å². The molecule has 108 valence electrons. The fourth-order valence-electron chi connectivity index (χ4n) is 1.53. The van der Waals surface area contributed by atoms with E-state index in [4.69, 9.17) is 10.6 Å². The minimum absolute atomic E-state index is 0.265. The Balaban J connectivity index is 2.46. The monoisotopic (exact) mass is 267 g/mol. The maximum absolute atomic E-state index is 5.42. The highest BCUT2D eigenvalue weighted by Crippen LogP contribution is 2.16. The van der Waals surface area contributed by atoms with Crippen LogP contribution in [0.15, 0.2) is 6.07 Å². The smallest absolute Gasteiger partial charge is 0.145 e. The molecule has 1 aromatic heterocycles. The number of nitrogen functional groups attached to an aromatic ring is 1. The Labute approximate surface area is 115 Å². The average Bonchev–Trinajstić information content (AvgIpc) is 2.42. The number of aromatic nitrogens is 2. The van der Waals surface area contributed by atoms with Crippen molar-refractivity contribution in [1.82, 2.24) is 9.97 Å². The van der Waals surface area contributed by atoms with Crippen LogP contribution in [0, 0.1) is 0 Å². The minimum atomic E-state index is 0.265. The topological polar surface area (TPSA) is 85.1 Å². The van der Waals surface area contributed by atoms with Gasteiger partial charge in [0.25, 0.3) is 0 Å². The van der Waals surface area contributed by atoms with Crippen LogP contribution in [0.4, 0.5) is 11.6 Å². The molecule has 0 spiro atoms. The predicted octanol–water partition coefficient (Wildman–Crippen LogP) is 2.11. The van der Waals surface area contributed by atoms with Crippen LogP contribution in [0.2, 0.25) is 0 Å². The molecular formula is C13H25N5O. The second kappa shape index (κ2) is 8.66. The van der Waals surface area contributed by atoms with Crippen molar-refractivity contribution in [3.63, 3.8) is 0 Å². The van der Waals surface area contributed by atoms with Crippen molar-refractivity contribution < 1.29 is 4.74 Å². The molecule has 0 unspecified atom stereocenters. The maximum atomic E-state index is 5.42. The van der Waals surface area contributed by atoms with Crippen molar-refractivity contribution in [3.05, 3.63) is 11.9 Å². The van der Waals surface area contributed by atoms with Gasteiger partial charge in [0, 0.05) is 31.7 Å². The van der Waals surface area contributed by atoms with Crippen LogP contribution in [-0.4, -0.2) is 29.7 Å². The molecule has 19 heavy (non-hydrogen) atoms. The maximum Gasteiger partial charge on any atom is 0.145 e. The van der Waals surface area contributed by atoms with Gasteiger partial charge in [-0.3, -0.25) is 0 Å². The summed E-state index contributed by atoms with van der Waals surface area (Å²) in [4.78, 5) is 8.76. The van der Waals surface area contributed by atoms with Crippen LogP contribution < -0.4 is 16.6 Å². The second-order valence-electron chi connectivity index (χ2n) is 4.69. The van der Waals surface area contributed by atoms with Gasteiger partial charge in [0.2, 0.25) is 0 Å². The van der Waals surface area contributed by atoms with Gasteiger partial charge in [-0.1, -0.05) is 20.8 Å². The fourth-order valence-corrected chi connectivity index (χ4v) is 1.53. The number of hydrogen-bond acceptors (Lipinski definition) is 6. The summed E-state index contributed by atoms with van der Waals surface area (Å²) in [5, 5.41) is 3.26. The van der Waals surface area contributed by atoms with Crippen LogP contribution in [-0.2, 0) is 4.74 Å². The number of nitrogens with zero attached hydrogens (tertiary/aromatic N) is 2. The third-order valence-corrected chi connectivity index (χ3v) is 2.53. The summed E-state index contributed by atoms with van der Waals surface area (Å²) in [6.07, 6.45) is 2.01. The quantitative estimate of drug-likeness (QED) is 0.361. The van der Waals surface area contributed by atoms with Gasteiger partial charge < -0.3 is 15.5 Å². The molecule has 1 rings (SSSR count). The third-order valence-electron chi connectivity index (χ3n) is 2.53. The lowest BCUT2D eigenvalue weighted by molar-refractivity contribution is 0.134. The van der Waals surface area contributed by atoms with E-state index in [1.807, 2.05) is 0 Å². The first kappa shape index (κ1) is 15.7. The van der Waals surface area contributed by atoms with E-state index < -0.39 is 0 Å². The lowest BCUT2D eigenvalue weighted by atomic mass is 10.2. The van der Waals surface area contributed by atoms with Gasteiger partial charge in [0.05, 0.1) is 0 Å². The van der Waals surface area contributed by atoms with Crippen molar-refractivity contribution in [1.29, 1.82) is 0 Å². The molecule has 0 fully saturated rings. The Kier molecular flexibility index (Phi) is 7.14. The van der Waals surface area contributed by atoms with Crippen LogP contribution in [0.25, 0.3) is 0 Å². The number of anilines is 2. The number of rotatable bonds is 9. The number of hydrazine groups is 1. The van der Waals surface area contributed by atoms with Gasteiger partial charge >= 0.3 is 0 Å². The van der Waals surface area contributed by atoms with E-state index >= 15 is 0 Å². The molecule has 0 aliphatic carbocycles. The van der Waals surface area contributed by atoms with Crippen molar-refractivity contribution in [2.45, 2.75) is 39.5 Å². The van der Waals surface area contributed by atoms with Crippen molar-refractivity contribution >= 4 is 11.6 Å². The Morgan fingerprint density at radius 1 is 1.26 bits per heavy atom. The molecule has 4 N–H and O–H groups in total. The molecular weight excluding hydrogens is 242 g/mol. The van der Waals surface area contributed by atoms with Crippen LogP contribution in [0.1, 0.15) is 45.4 Å². The molecule has 0 aromatic carbocycles. The second-order valence-corrected chi connectivity index (χ2v) is 4.69. The fraction of sp³-hybridized carbons (Fsp3) is 0.692. The van der Waals surface area contributed by atoms with Crippen molar-refractivity contribution in [2.75, 3.05) is 30.5 Å². The Morgan fingerprint density at radius 3 is 2.63 bits per heavy atom. The summed E-state index contributed by atoms with van der Waals surface area (Å²) in [6, 6.07) is 1.80. The predicted molar refractivity (Wildman–Crippen MR) is 78.1 cm³/mol. The van der Waals surface area contributed by atoms with Gasteiger partial charge in [-0.25, -0.2) is 15.8 Å². The van der Waals surface area contributed by atoms with E-state index in [-0.39, 0.29) is 5.92 Å². The molecule has 0 atom stereocenters. The minimum Gasteiger partial charge on any atom is -0.381 e. The molecule has 0 aliphatic rings. The van der Waals surface area contributed by atoms with Gasteiger partial charge in [0.1, 0.15) is 17.5 Å². The Bertz CT molecular complexity index is 370. The summed E-state index contributed by atoms with van der Waals surface area (Å²) in [5.74, 6) is 7.87. The van der Waals surface area contributed by atoms with E-state index in [2.05, 4.69) is 41.5 Å². The molecule has 0 amide bonds. The first-order valence-corrected chi connectivity index (χ1v) is 6.84. The standard InChI is InChI=1S/C13H25N5O/c1-4-7-19-8-5-6-15-11-9-12(18-14)17-13(16-11)10(2)3/h9-10H,4-8,14H2,1-3H3,(H2,15,16,17,18). The van der Waals surface area contributed by atoms with Crippen molar-refractivity contribution in [3.8, 4) is 0 Å². The highest BCUT2D eigenvalue weighted by Gasteiger charge is 2.07. The van der Waals surface area contributed by atoms with Gasteiger partial charge in [0.15, 0.2) is 0 Å². The van der Waals surface area contributed by atoms with E-state index in [1.54, 1.807) is 6.07 Å². The SMILES string of the molecule is CCCOCCCNc1cc(NN)nc(C(C)C)n1. The van der Waals surface area contributed by atoms with Crippen LogP contribution in [0.5, 0.6) is 0 Å². The lowest BCUT2D eigenvalue weighted by Crippen LogP contribution is -2.14. The largest absolute Gasteiger partial charge is 0.381 e. The average molecular weight is 267 g/mol. The summed E-state index contributed by atoms with van der Waals surface area (Å²) in [7, 11) is 0. The molecule has 0 radical (unpaired) electrons. The van der Waals surface area contributed by atoms with Gasteiger partial charge in [-0.2, -0.15) is 0 Å². The molecule has 0 bridgehead atoms. The lowest BCUT2D eigenvalue weighted by Gasteiger charge is -2.11. The van der Waals surface area contributed by atoms with Crippen molar-refractivity contribution in [2.24, 2.45) is 5.84 Å². The summed E-state index contributed by atoms with van der Waals surface area (Å²) in [5.41, 5.74) is 2.57. The van der Waals surface area contributed by atoms with E-state index in [0.717, 1.165) is 44.2 Å². The molecule has 1 aromatic rings. The number of nitrogens with two attached hydrogens (primary N) is 1. The highest BCUT2D eigenvalue weighted by molar-refractivity contribution is 5.47. The van der Waals surface area contributed by atoms with Gasteiger partial charge in [-0.15, -0.1) is 0 Å². The normalized spacial score (nSPS) is 10.8. The number of ether oxygens (including phenoxy) is 1. The number of nitrogens with one attached hydrogen (secondary N) is 2. The zero-order valence-corrected chi connectivity index (χ0v) is 12.1. The summed E-state index contributed by atoms with van der Waals surface area (Å²) >= 11 is 0.